The van der Waals surface area contributed by atoms with Crippen molar-refractivity contribution in [2.75, 3.05) is 24.8 Å². The Labute approximate surface area is 187 Å². The fraction of sp³-hybridized carbons (Fsp3) is 0.261. The van der Waals surface area contributed by atoms with Crippen molar-refractivity contribution in [2.24, 2.45) is 5.92 Å². The van der Waals surface area contributed by atoms with E-state index in [9.17, 15) is 8.42 Å². The molecule has 0 spiro atoms. The second kappa shape index (κ2) is 9.34. The molecule has 0 aliphatic carbocycles. The van der Waals surface area contributed by atoms with Gasteiger partial charge in [0.1, 0.15) is 11.6 Å². The molecule has 3 heterocycles. The Kier molecular flexibility index (Phi) is 6.35. The number of nitrogens with one attached hydrogen (secondary N) is 1. The topological polar surface area (TPSA) is 94.8 Å². The molecule has 0 bridgehead atoms. The van der Waals surface area contributed by atoms with Crippen LogP contribution in [-0.2, 0) is 21.0 Å². The van der Waals surface area contributed by atoms with Crippen LogP contribution in [-0.4, -0.2) is 37.9 Å². The van der Waals surface area contributed by atoms with Gasteiger partial charge in [-0.1, -0.05) is 6.07 Å². The molecule has 1 N–H and O–H groups in total. The van der Waals surface area contributed by atoms with Gasteiger partial charge in [0.25, 0.3) is 0 Å². The van der Waals surface area contributed by atoms with Gasteiger partial charge in [-0.2, -0.15) is 0 Å². The number of rotatable bonds is 7. The number of benzene rings is 1. The molecule has 1 aliphatic heterocycles. The van der Waals surface area contributed by atoms with Gasteiger partial charge in [-0.25, -0.2) is 18.2 Å². The zero-order chi connectivity index (χ0) is 22.6. The molecular formula is C23H22N4O4S. The van der Waals surface area contributed by atoms with Crippen LogP contribution in [0, 0.1) is 12.5 Å². The summed E-state index contributed by atoms with van der Waals surface area (Å²) in [5.41, 5.74) is 2.14. The zero-order valence-corrected chi connectivity index (χ0v) is 18.3. The lowest BCUT2D eigenvalue weighted by Crippen LogP contribution is -2.07. The van der Waals surface area contributed by atoms with Crippen LogP contribution in [0.3, 0.4) is 0 Å². The van der Waals surface area contributed by atoms with Gasteiger partial charge in [0.15, 0.2) is 9.84 Å². The number of nitrogens with zero attached hydrogens (tertiary/aromatic N) is 3. The van der Waals surface area contributed by atoms with Gasteiger partial charge in [0, 0.05) is 31.2 Å². The van der Waals surface area contributed by atoms with Crippen LogP contribution in [0.1, 0.15) is 12.0 Å². The minimum absolute atomic E-state index is 0.234. The maximum Gasteiger partial charge on any atom is 0.222 e. The molecule has 1 atom stereocenters. The summed E-state index contributed by atoms with van der Waals surface area (Å²) in [5.74, 6) is 1.95. The monoisotopic (exact) mass is 450 g/mol. The van der Waals surface area contributed by atoms with Gasteiger partial charge in [0.2, 0.25) is 11.6 Å². The highest BCUT2D eigenvalue weighted by molar-refractivity contribution is 7.90. The smallest absolute Gasteiger partial charge is 0.222 e. The Hall–Kier alpha value is -3.48. The number of anilines is 2. The SMILES string of the molecule is [C-]#[N+]c1ccc(Nc2cnc(Oc3ccc(S(C)(=O)=O)cc3)c(CC3CCOC3)c2)nc1. The van der Waals surface area contributed by atoms with Crippen molar-refractivity contribution < 1.29 is 17.9 Å². The van der Waals surface area contributed by atoms with Crippen LogP contribution in [0.25, 0.3) is 4.85 Å². The van der Waals surface area contributed by atoms with E-state index in [1.807, 2.05) is 6.07 Å². The van der Waals surface area contributed by atoms with Crippen molar-refractivity contribution in [1.29, 1.82) is 0 Å². The number of sulfone groups is 1. The lowest BCUT2D eigenvalue weighted by atomic mass is 9.99. The summed E-state index contributed by atoms with van der Waals surface area (Å²) in [7, 11) is -3.27. The molecule has 8 nitrogen and oxygen atoms in total. The van der Waals surface area contributed by atoms with Crippen molar-refractivity contribution in [3.8, 4) is 11.6 Å². The van der Waals surface area contributed by atoms with Gasteiger partial charge in [-0.3, -0.25) is 4.98 Å². The molecule has 9 heteroatoms. The third-order valence-corrected chi connectivity index (χ3v) is 6.20. The Bertz CT molecular complexity index is 1230. The second-order valence-electron chi connectivity index (χ2n) is 7.61. The predicted octanol–water partition coefficient (Wildman–Crippen LogP) is 4.55. The third-order valence-electron chi connectivity index (χ3n) is 5.07. The quantitative estimate of drug-likeness (QED) is 0.528. The van der Waals surface area contributed by atoms with Crippen molar-refractivity contribution in [3.05, 3.63) is 71.8 Å². The molecule has 1 saturated heterocycles. The Morgan fingerprint density at radius 1 is 1.19 bits per heavy atom. The summed E-state index contributed by atoms with van der Waals surface area (Å²) in [6.45, 7) is 8.47. The van der Waals surface area contributed by atoms with Crippen LogP contribution < -0.4 is 10.1 Å². The first-order valence-corrected chi connectivity index (χ1v) is 11.9. The zero-order valence-electron chi connectivity index (χ0n) is 17.5. The minimum Gasteiger partial charge on any atom is -0.439 e. The molecular weight excluding hydrogens is 428 g/mol. The van der Waals surface area contributed by atoms with E-state index < -0.39 is 9.84 Å². The van der Waals surface area contributed by atoms with E-state index in [4.69, 9.17) is 16.0 Å². The molecule has 1 fully saturated rings. The first kappa shape index (κ1) is 21.7. The predicted molar refractivity (Wildman–Crippen MR) is 120 cm³/mol. The van der Waals surface area contributed by atoms with Gasteiger partial charge in [-0.15, -0.1) is 0 Å². The summed E-state index contributed by atoms with van der Waals surface area (Å²) in [6, 6.07) is 11.7. The summed E-state index contributed by atoms with van der Waals surface area (Å²) in [5, 5.41) is 3.21. The molecule has 0 radical (unpaired) electrons. The molecule has 4 rings (SSSR count). The normalized spacial score (nSPS) is 15.8. The van der Waals surface area contributed by atoms with E-state index in [0.717, 1.165) is 30.7 Å². The van der Waals surface area contributed by atoms with Gasteiger partial charge < -0.3 is 14.8 Å². The Morgan fingerprint density at radius 2 is 2.00 bits per heavy atom. The first-order chi connectivity index (χ1) is 15.4. The molecule has 2 aromatic heterocycles. The first-order valence-electron chi connectivity index (χ1n) is 10.1. The summed E-state index contributed by atoms with van der Waals surface area (Å²) in [4.78, 5) is 12.3. The highest BCUT2D eigenvalue weighted by atomic mass is 32.2. The van der Waals surface area contributed by atoms with Gasteiger partial charge >= 0.3 is 0 Å². The van der Waals surface area contributed by atoms with Crippen molar-refractivity contribution in [1.82, 2.24) is 9.97 Å². The Balaban J connectivity index is 1.58. The molecule has 1 aliphatic rings. The lowest BCUT2D eigenvalue weighted by molar-refractivity contribution is 0.185. The molecule has 3 aromatic rings. The van der Waals surface area contributed by atoms with Crippen molar-refractivity contribution in [2.45, 2.75) is 17.7 Å². The molecule has 1 aromatic carbocycles. The van der Waals surface area contributed by atoms with Crippen LogP contribution in [0.5, 0.6) is 11.6 Å². The van der Waals surface area contributed by atoms with Crippen LogP contribution in [0.2, 0.25) is 0 Å². The molecule has 0 saturated carbocycles. The average molecular weight is 451 g/mol. The fourth-order valence-corrected chi connectivity index (χ4v) is 4.03. The number of ether oxygens (including phenoxy) is 2. The second-order valence-corrected chi connectivity index (χ2v) is 9.62. The van der Waals surface area contributed by atoms with E-state index in [1.54, 1.807) is 30.5 Å². The van der Waals surface area contributed by atoms with E-state index in [1.165, 1.54) is 24.6 Å². The molecule has 32 heavy (non-hydrogen) atoms. The average Bonchev–Trinajstić information content (AvgIpc) is 3.29. The van der Waals surface area contributed by atoms with Crippen molar-refractivity contribution in [3.63, 3.8) is 0 Å². The number of hydrogen-bond donors (Lipinski definition) is 1. The fourth-order valence-electron chi connectivity index (χ4n) is 3.40. The van der Waals surface area contributed by atoms with Gasteiger partial charge in [-0.05, 0) is 55.2 Å². The van der Waals surface area contributed by atoms with E-state index in [2.05, 4.69) is 20.1 Å². The molecule has 1 unspecified atom stereocenters. The van der Waals surface area contributed by atoms with Gasteiger partial charge in [0.05, 0.1) is 23.4 Å². The summed E-state index contributed by atoms with van der Waals surface area (Å²) >= 11 is 0. The van der Waals surface area contributed by atoms with Crippen LogP contribution in [0.15, 0.2) is 59.8 Å². The largest absolute Gasteiger partial charge is 0.439 e. The maximum absolute atomic E-state index is 11.7. The van der Waals surface area contributed by atoms with Crippen LogP contribution in [0.4, 0.5) is 17.2 Å². The third kappa shape index (κ3) is 5.41. The summed E-state index contributed by atoms with van der Waals surface area (Å²) in [6.07, 6.45) is 6.04. The van der Waals surface area contributed by atoms with E-state index >= 15 is 0 Å². The van der Waals surface area contributed by atoms with Crippen molar-refractivity contribution >= 4 is 27.0 Å². The Morgan fingerprint density at radius 3 is 2.62 bits per heavy atom. The highest BCUT2D eigenvalue weighted by Gasteiger charge is 2.20. The maximum atomic E-state index is 11.7. The van der Waals surface area contributed by atoms with Crippen LogP contribution >= 0.6 is 0 Å². The highest BCUT2D eigenvalue weighted by Crippen LogP contribution is 2.31. The molecule has 0 amide bonds. The molecule has 164 valence electrons. The summed E-state index contributed by atoms with van der Waals surface area (Å²) < 4.78 is 34.9. The number of hydrogen-bond acceptors (Lipinski definition) is 7. The number of aromatic nitrogens is 2. The number of pyridine rings is 2. The minimum atomic E-state index is -3.27. The van der Waals surface area contributed by atoms with E-state index in [0.29, 0.717) is 35.7 Å². The van der Waals surface area contributed by atoms with E-state index in [-0.39, 0.29) is 4.90 Å². The standard InChI is InChI=1S/C23H22N4O4S/c1-24-18-3-8-22(25-13-18)27-19-12-17(11-16-9-10-30-15-16)23(26-14-19)31-20-4-6-21(7-5-20)32(2,28)29/h3-8,12-14,16H,9-11,15H2,2H3,(H,25,27). The lowest BCUT2D eigenvalue weighted by Gasteiger charge is -2.15.